The van der Waals surface area contributed by atoms with Gasteiger partial charge in [0, 0.05) is 32.9 Å². The van der Waals surface area contributed by atoms with Gasteiger partial charge in [-0.15, -0.1) is 0 Å². The molecular weight excluding hydrogens is 1120 g/mol. The van der Waals surface area contributed by atoms with Crippen molar-refractivity contribution >= 4 is 101 Å². The van der Waals surface area contributed by atoms with Crippen molar-refractivity contribution in [2.24, 2.45) is 0 Å². The van der Waals surface area contributed by atoms with E-state index in [-0.39, 0.29) is 0 Å². The van der Waals surface area contributed by atoms with E-state index in [1.807, 2.05) is 0 Å². The Morgan fingerprint density at radius 1 is 0.200 bits per heavy atom. The monoisotopic (exact) mass is 1180 g/mol. The number of benzene rings is 14. The van der Waals surface area contributed by atoms with E-state index in [0.29, 0.717) is 0 Å². The highest BCUT2D eigenvalue weighted by molar-refractivity contribution is 7.20. The molecule has 2 aliphatic carbocycles. The van der Waals surface area contributed by atoms with Gasteiger partial charge in [-0.3, -0.25) is 0 Å². The van der Waals surface area contributed by atoms with E-state index >= 15 is 0 Å². The minimum absolute atomic E-state index is 0.923. The molecule has 0 saturated carbocycles. The molecule has 0 spiro atoms. The molecule has 0 amide bonds. The van der Waals surface area contributed by atoms with E-state index < -0.39 is 16.1 Å². The van der Waals surface area contributed by atoms with Crippen molar-refractivity contribution in [3.8, 4) is 44.8 Å². The molecule has 4 heteroatoms. The van der Waals surface area contributed by atoms with Gasteiger partial charge in [-0.2, -0.15) is 0 Å². The first-order valence-corrected chi connectivity index (χ1v) is 35.6. The molecule has 422 valence electrons. The first-order chi connectivity index (χ1) is 44.6. The highest BCUT2D eigenvalue weighted by atomic mass is 28.3. The fourth-order valence-electron chi connectivity index (χ4n) is 16.0. The van der Waals surface area contributed by atoms with Crippen molar-refractivity contribution in [3.63, 3.8) is 0 Å². The summed E-state index contributed by atoms with van der Waals surface area (Å²) in [6.45, 7) is 0. The van der Waals surface area contributed by atoms with Gasteiger partial charge < -0.3 is 9.13 Å². The van der Waals surface area contributed by atoms with Gasteiger partial charge in [-0.05, 0) is 171 Å². The highest BCUT2D eigenvalue weighted by Crippen LogP contribution is 2.43. The van der Waals surface area contributed by atoms with Gasteiger partial charge in [-0.25, -0.2) is 0 Å². The standard InChI is InChI=1S/C86H60N2Si2/c1-7-23-67(24-8-1)89(68-25-9-2-10-26-68,69-27-11-3-12-28-69)73-47-41-63-51-61-39-45-65(55-77(61)79(63)57-73)87-83-37-21-19-35-75(83)81-53-59(43-49-85(81)87)60-44-50-86-82(54-60)76-36-20-22-38-84(76)88(86)66-46-40-62-52-64-42-48-74(58-80(64)78(62)56-66)90(70-29-13-4-14-30-70,71-31-15-5-16-32-71)72-33-17-6-18-34-72/h1-50,53-58H,51-52H2. The molecule has 0 N–H and O–H groups in total. The zero-order chi connectivity index (χ0) is 59.3. The third-order valence-corrected chi connectivity index (χ3v) is 29.6. The van der Waals surface area contributed by atoms with Crippen molar-refractivity contribution < 1.29 is 0 Å². The number of nitrogens with zero attached hydrogens (tertiary/aromatic N) is 2. The van der Waals surface area contributed by atoms with Crippen molar-refractivity contribution in [1.82, 2.24) is 9.13 Å². The van der Waals surface area contributed by atoms with Crippen LogP contribution in [0.3, 0.4) is 0 Å². The van der Waals surface area contributed by atoms with Crippen LogP contribution in [-0.2, 0) is 12.8 Å². The quantitative estimate of drug-likeness (QED) is 0.0902. The summed E-state index contributed by atoms with van der Waals surface area (Å²) in [5.41, 5.74) is 20.4. The van der Waals surface area contributed by atoms with E-state index in [2.05, 4.69) is 349 Å². The number of fused-ring (bicyclic) bond motifs is 12. The lowest BCUT2D eigenvalue weighted by molar-refractivity contribution is 1.17. The van der Waals surface area contributed by atoms with Gasteiger partial charge in [-0.1, -0.05) is 279 Å². The first-order valence-electron chi connectivity index (χ1n) is 31.6. The van der Waals surface area contributed by atoms with Crippen LogP contribution in [-0.4, -0.2) is 25.3 Å². The van der Waals surface area contributed by atoms with Gasteiger partial charge in [0.05, 0.1) is 22.1 Å². The summed E-state index contributed by atoms with van der Waals surface area (Å²) >= 11 is 0. The van der Waals surface area contributed by atoms with Crippen molar-refractivity contribution in [2.45, 2.75) is 12.8 Å². The number of rotatable bonds is 11. The van der Waals surface area contributed by atoms with Gasteiger partial charge in [0.1, 0.15) is 0 Å². The number of hydrogen-bond acceptors (Lipinski definition) is 0. The molecule has 16 aromatic rings. The van der Waals surface area contributed by atoms with Crippen LogP contribution in [0.1, 0.15) is 22.3 Å². The van der Waals surface area contributed by atoms with E-state index in [1.54, 1.807) is 0 Å². The Morgan fingerprint density at radius 3 is 0.811 bits per heavy atom. The molecule has 0 saturated heterocycles. The maximum Gasteiger partial charge on any atom is 0.179 e. The molecule has 2 nitrogen and oxygen atoms in total. The number of para-hydroxylation sites is 2. The first kappa shape index (κ1) is 52.3. The zero-order valence-electron chi connectivity index (χ0n) is 49.6. The average Bonchev–Trinajstić information content (AvgIpc) is 1.43. The van der Waals surface area contributed by atoms with Crippen molar-refractivity contribution in [3.05, 3.63) is 362 Å². The summed E-state index contributed by atoms with van der Waals surface area (Å²) in [5, 5.41) is 16.1. The third kappa shape index (κ3) is 7.95. The van der Waals surface area contributed by atoms with Gasteiger partial charge >= 0.3 is 0 Å². The molecule has 2 aromatic heterocycles. The Kier molecular flexibility index (Phi) is 12.1. The third-order valence-electron chi connectivity index (χ3n) is 20.1. The average molecular weight is 1180 g/mol. The van der Waals surface area contributed by atoms with Crippen LogP contribution >= 0.6 is 0 Å². The van der Waals surface area contributed by atoms with Gasteiger partial charge in [0.15, 0.2) is 16.1 Å². The normalized spacial score (nSPS) is 12.6. The molecule has 0 unspecified atom stereocenters. The lowest BCUT2D eigenvalue weighted by Gasteiger charge is -2.34. The number of hydrogen-bond donors (Lipinski definition) is 0. The Balaban J connectivity index is 0.729. The van der Waals surface area contributed by atoms with Crippen LogP contribution in [0.2, 0.25) is 0 Å². The molecular formula is C86H60N2Si2. The summed E-state index contributed by atoms with van der Waals surface area (Å²) in [7, 11) is -5.46. The Hall–Kier alpha value is -10.9. The summed E-state index contributed by atoms with van der Waals surface area (Å²) in [6.07, 6.45) is 1.85. The second kappa shape index (κ2) is 20.9. The molecule has 2 aliphatic rings. The van der Waals surface area contributed by atoms with Crippen molar-refractivity contribution in [2.75, 3.05) is 0 Å². The molecule has 0 atom stereocenters. The minimum atomic E-state index is -2.73. The Morgan fingerprint density at radius 2 is 0.478 bits per heavy atom. The molecule has 18 rings (SSSR count). The predicted molar refractivity (Wildman–Crippen MR) is 384 cm³/mol. The molecule has 90 heavy (non-hydrogen) atoms. The summed E-state index contributed by atoms with van der Waals surface area (Å²) in [5.74, 6) is 0. The zero-order valence-corrected chi connectivity index (χ0v) is 51.6. The second-order valence-corrected chi connectivity index (χ2v) is 32.3. The van der Waals surface area contributed by atoms with E-state index in [4.69, 9.17) is 0 Å². The molecule has 0 fully saturated rings. The molecule has 2 heterocycles. The van der Waals surface area contributed by atoms with E-state index in [9.17, 15) is 0 Å². The lowest BCUT2D eigenvalue weighted by atomic mass is 10.0. The number of aromatic nitrogens is 2. The SMILES string of the molecule is c1ccc([Si](c2ccccc2)(c2ccccc2)c2ccc3c(c2)-c2cc(-n4c5ccccc5c5cc(-c6ccc7c(c6)c6ccccc6n7-c6ccc7c(c6)-c6cc([Si](c8ccccc8)(c8ccccc8)c8ccccc8)ccc6C7)ccc54)ccc2C3)cc1. The largest absolute Gasteiger partial charge is 0.309 e. The fraction of sp³-hybridized carbons (Fsp3) is 0.0233. The maximum absolute atomic E-state index is 2.73. The summed E-state index contributed by atoms with van der Waals surface area (Å²) < 4.78 is 4.99. The second-order valence-electron chi connectivity index (χ2n) is 24.6. The summed E-state index contributed by atoms with van der Waals surface area (Å²) in [4.78, 5) is 0. The molecule has 0 bridgehead atoms. The van der Waals surface area contributed by atoms with Crippen molar-refractivity contribution in [1.29, 1.82) is 0 Å². The molecule has 14 aromatic carbocycles. The van der Waals surface area contributed by atoms with Crippen LogP contribution in [0, 0.1) is 0 Å². The maximum atomic E-state index is 2.56. The Bertz CT molecular complexity index is 4920. The molecule has 0 aliphatic heterocycles. The smallest absolute Gasteiger partial charge is 0.179 e. The van der Waals surface area contributed by atoms with E-state index in [0.717, 1.165) is 12.8 Å². The van der Waals surface area contributed by atoms with Crippen LogP contribution in [0.5, 0.6) is 0 Å². The fourth-order valence-corrected chi connectivity index (χ4v) is 25.6. The summed E-state index contributed by atoms with van der Waals surface area (Å²) in [6, 6.07) is 129. The Labute approximate surface area is 526 Å². The van der Waals surface area contributed by atoms with Gasteiger partial charge in [0.2, 0.25) is 0 Å². The van der Waals surface area contributed by atoms with Crippen LogP contribution in [0.15, 0.2) is 340 Å². The predicted octanol–water partition coefficient (Wildman–Crippen LogP) is 15.4. The van der Waals surface area contributed by atoms with Crippen LogP contribution in [0.4, 0.5) is 0 Å². The van der Waals surface area contributed by atoms with Crippen LogP contribution < -0.4 is 41.5 Å². The van der Waals surface area contributed by atoms with Crippen LogP contribution in [0.25, 0.3) is 88.4 Å². The molecule has 0 radical (unpaired) electrons. The van der Waals surface area contributed by atoms with Gasteiger partial charge in [0.25, 0.3) is 0 Å². The van der Waals surface area contributed by atoms with E-state index in [1.165, 1.54) is 152 Å². The topological polar surface area (TPSA) is 9.86 Å². The minimum Gasteiger partial charge on any atom is -0.309 e. The lowest BCUT2D eigenvalue weighted by Crippen LogP contribution is -2.74. The highest BCUT2D eigenvalue weighted by Gasteiger charge is 2.44.